The van der Waals surface area contributed by atoms with Gasteiger partial charge in [-0.2, -0.15) is 0 Å². The van der Waals surface area contributed by atoms with E-state index in [-0.39, 0.29) is 0 Å². The average Bonchev–Trinajstić information content (AvgIpc) is 2.97. The molecule has 3 rings (SSSR count). The molecular weight excluding hydrogens is 256 g/mol. The minimum Gasteiger partial charge on any atom is -0.361 e. The Morgan fingerprint density at radius 3 is 3.00 bits per heavy atom. The van der Waals surface area contributed by atoms with Crippen molar-refractivity contribution in [3.05, 3.63) is 46.8 Å². The summed E-state index contributed by atoms with van der Waals surface area (Å²) in [4.78, 5) is 1.44. The lowest BCUT2D eigenvalue weighted by Gasteiger charge is -2.11. The second kappa shape index (κ2) is 5.39. The lowest BCUT2D eigenvalue weighted by molar-refractivity contribution is 0.391. The Hall–Kier alpha value is -1.26. The zero-order valence-corrected chi connectivity index (χ0v) is 12.1. The smallest absolute Gasteiger partial charge is 0.138 e. The Morgan fingerprint density at radius 2 is 2.21 bits per heavy atom. The van der Waals surface area contributed by atoms with Gasteiger partial charge in [-0.25, -0.2) is 0 Å². The minimum atomic E-state index is 0.613. The summed E-state index contributed by atoms with van der Waals surface area (Å²) in [6, 6.07) is 8.71. The predicted octanol–water partition coefficient (Wildman–Crippen LogP) is 3.27. The Kier molecular flexibility index (Phi) is 3.62. The molecule has 1 aromatic heterocycles. The van der Waals surface area contributed by atoms with Crippen LogP contribution >= 0.6 is 11.8 Å². The van der Waals surface area contributed by atoms with E-state index in [4.69, 9.17) is 4.52 Å². The highest BCUT2D eigenvalue weighted by Crippen LogP contribution is 2.38. The van der Waals surface area contributed by atoms with Crippen molar-refractivity contribution < 1.29 is 4.52 Å². The summed E-state index contributed by atoms with van der Waals surface area (Å²) >= 11 is 1.96. The molecule has 0 spiro atoms. The van der Waals surface area contributed by atoms with Gasteiger partial charge in [0.05, 0.1) is 5.69 Å². The van der Waals surface area contributed by atoms with Crippen LogP contribution in [0.1, 0.15) is 28.5 Å². The standard InChI is InChI=1S/C15H18N2OS/c1-10-14(11(2)18-17-10)8-16-7-12-9-19-15-6-4-3-5-13(12)15/h3-6,12,16H,7-9H2,1-2H3. The number of hydrogen-bond donors (Lipinski definition) is 1. The van der Waals surface area contributed by atoms with E-state index in [0.717, 1.165) is 24.5 Å². The Morgan fingerprint density at radius 1 is 1.37 bits per heavy atom. The van der Waals surface area contributed by atoms with E-state index in [2.05, 4.69) is 34.7 Å². The molecule has 0 bridgehead atoms. The number of benzene rings is 1. The molecule has 2 heterocycles. The monoisotopic (exact) mass is 274 g/mol. The minimum absolute atomic E-state index is 0.613. The molecule has 0 saturated carbocycles. The lowest BCUT2D eigenvalue weighted by atomic mass is 10.0. The summed E-state index contributed by atoms with van der Waals surface area (Å²) in [5, 5.41) is 7.52. The molecular formula is C15H18N2OS. The first-order valence-electron chi connectivity index (χ1n) is 6.60. The molecule has 0 aliphatic carbocycles. The zero-order valence-electron chi connectivity index (χ0n) is 11.3. The third-order valence-electron chi connectivity index (χ3n) is 3.67. The van der Waals surface area contributed by atoms with E-state index in [0.29, 0.717) is 5.92 Å². The zero-order chi connectivity index (χ0) is 13.2. The molecule has 1 N–H and O–H groups in total. The number of nitrogens with one attached hydrogen (secondary N) is 1. The van der Waals surface area contributed by atoms with Crippen LogP contribution in [0, 0.1) is 13.8 Å². The van der Waals surface area contributed by atoms with Crippen LogP contribution in [0.25, 0.3) is 0 Å². The summed E-state index contributed by atoms with van der Waals surface area (Å²) in [6.45, 7) is 5.81. The molecule has 1 aromatic carbocycles. The van der Waals surface area contributed by atoms with Crippen molar-refractivity contribution in [2.75, 3.05) is 12.3 Å². The van der Waals surface area contributed by atoms with Crippen molar-refractivity contribution >= 4 is 11.8 Å². The van der Waals surface area contributed by atoms with E-state index in [1.807, 2.05) is 25.6 Å². The van der Waals surface area contributed by atoms with Gasteiger partial charge in [-0.05, 0) is 25.5 Å². The molecule has 100 valence electrons. The maximum Gasteiger partial charge on any atom is 0.138 e. The van der Waals surface area contributed by atoms with Crippen molar-refractivity contribution in [2.24, 2.45) is 0 Å². The number of rotatable bonds is 4. The van der Waals surface area contributed by atoms with Crippen LogP contribution in [0.5, 0.6) is 0 Å². The maximum absolute atomic E-state index is 5.18. The summed E-state index contributed by atoms with van der Waals surface area (Å²) in [5.74, 6) is 2.71. The highest BCUT2D eigenvalue weighted by molar-refractivity contribution is 7.99. The van der Waals surface area contributed by atoms with Crippen LogP contribution in [0.3, 0.4) is 0 Å². The van der Waals surface area contributed by atoms with E-state index < -0.39 is 0 Å². The van der Waals surface area contributed by atoms with Gasteiger partial charge in [0.15, 0.2) is 0 Å². The van der Waals surface area contributed by atoms with Crippen LogP contribution in [-0.4, -0.2) is 17.5 Å². The van der Waals surface area contributed by atoms with Crippen LogP contribution < -0.4 is 5.32 Å². The van der Waals surface area contributed by atoms with Crippen molar-refractivity contribution in [2.45, 2.75) is 31.2 Å². The normalized spacial score (nSPS) is 17.7. The van der Waals surface area contributed by atoms with E-state index in [9.17, 15) is 0 Å². The van der Waals surface area contributed by atoms with Gasteiger partial charge in [0.25, 0.3) is 0 Å². The number of thioether (sulfide) groups is 1. The van der Waals surface area contributed by atoms with Crippen molar-refractivity contribution in [1.82, 2.24) is 10.5 Å². The molecule has 0 radical (unpaired) electrons. The Bertz CT molecular complexity index is 560. The number of aryl methyl sites for hydroxylation is 2. The highest BCUT2D eigenvalue weighted by atomic mass is 32.2. The van der Waals surface area contributed by atoms with E-state index >= 15 is 0 Å². The fourth-order valence-corrected chi connectivity index (χ4v) is 3.78. The van der Waals surface area contributed by atoms with Crippen LogP contribution in [0.2, 0.25) is 0 Å². The average molecular weight is 274 g/mol. The molecule has 1 aliphatic heterocycles. The first-order chi connectivity index (χ1) is 9.25. The van der Waals surface area contributed by atoms with E-state index in [1.165, 1.54) is 21.8 Å². The fraction of sp³-hybridized carbons (Fsp3) is 0.400. The Balaban J connectivity index is 1.60. The van der Waals surface area contributed by atoms with Gasteiger partial charge in [0.2, 0.25) is 0 Å². The molecule has 1 unspecified atom stereocenters. The first kappa shape index (κ1) is 12.8. The number of aromatic nitrogens is 1. The maximum atomic E-state index is 5.18. The predicted molar refractivity (Wildman–Crippen MR) is 77.6 cm³/mol. The van der Waals surface area contributed by atoms with Gasteiger partial charge in [0, 0.05) is 35.2 Å². The summed E-state index contributed by atoms with van der Waals surface area (Å²) in [7, 11) is 0. The quantitative estimate of drug-likeness (QED) is 0.928. The molecule has 3 nitrogen and oxygen atoms in total. The van der Waals surface area contributed by atoms with Gasteiger partial charge >= 0.3 is 0 Å². The van der Waals surface area contributed by atoms with Crippen molar-refractivity contribution in [3.63, 3.8) is 0 Å². The largest absolute Gasteiger partial charge is 0.361 e. The molecule has 1 aliphatic rings. The molecule has 1 atom stereocenters. The first-order valence-corrected chi connectivity index (χ1v) is 7.58. The SMILES string of the molecule is Cc1noc(C)c1CNCC1CSc2ccccc21. The van der Waals surface area contributed by atoms with Crippen molar-refractivity contribution in [3.8, 4) is 0 Å². The number of nitrogens with zero attached hydrogens (tertiary/aromatic N) is 1. The fourth-order valence-electron chi connectivity index (χ4n) is 2.52. The van der Waals surface area contributed by atoms with Crippen LogP contribution in [0.15, 0.2) is 33.7 Å². The molecule has 4 heteroatoms. The molecule has 0 amide bonds. The van der Waals surface area contributed by atoms with Gasteiger partial charge in [0.1, 0.15) is 5.76 Å². The van der Waals surface area contributed by atoms with Crippen LogP contribution in [0.4, 0.5) is 0 Å². The van der Waals surface area contributed by atoms with Gasteiger partial charge < -0.3 is 9.84 Å². The Labute approximate surface area is 117 Å². The molecule has 2 aromatic rings. The lowest BCUT2D eigenvalue weighted by Crippen LogP contribution is -2.21. The molecule has 0 fully saturated rings. The van der Waals surface area contributed by atoms with Gasteiger partial charge in [-0.15, -0.1) is 11.8 Å². The summed E-state index contributed by atoms with van der Waals surface area (Å²) in [5.41, 5.74) is 3.67. The van der Waals surface area contributed by atoms with Crippen molar-refractivity contribution in [1.29, 1.82) is 0 Å². The molecule has 19 heavy (non-hydrogen) atoms. The second-order valence-corrected chi connectivity index (χ2v) is 6.04. The number of hydrogen-bond acceptors (Lipinski definition) is 4. The summed E-state index contributed by atoms with van der Waals surface area (Å²) < 4.78 is 5.18. The summed E-state index contributed by atoms with van der Waals surface area (Å²) in [6.07, 6.45) is 0. The molecule has 0 saturated heterocycles. The van der Waals surface area contributed by atoms with Gasteiger partial charge in [-0.1, -0.05) is 23.4 Å². The van der Waals surface area contributed by atoms with Gasteiger partial charge in [-0.3, -0.25) is 0 Å². The third-order valence-corrected chi connectivity index (χ3v) is 4.92. The topological polar surface area (TPSA) is 38.1 Å². The number of fused-ring (bicyclic) bond motifs is 1. The second-order valence-electron chi connectivity index (χ2n) is 4.98. The highest BCUT2D eigenvalue weighted by Gasteiger charge is 2.22. The van der Waals surface area contributed by atoms with Crippen LogP contribution in [-0.2, 0) is 6.54 Å². The third kappa shape index (κ3) is 2.55. The van der Waals surface area contributed by atoms with E-state index in [1.54, 1.807) is 0 Å².